The molecule has 0 spiro atoms. The van der Waals surface area contributed by atoms with Crippen LogP contribution in [0.3, 0.4) is 0 Å². The molecule has 0 atom stereocenters. The summed E-state index contributed by atoms with van der Waals surface area (Å²) in [5.74, 6) is 1.83. The van der Waals surface area contributed by atoms with Gasteiger partial charge in [0.1, 0.15) is 17.0 Å². The molecule has 0 saturated carbocycles. The first-order valence-electron chi connectivity index (χ1n) is 13.0. The van der Waals surface area contributed by atoms with Crippen LogP contribution < -0.4 is 0 Å². The molecule has 6 aromatic rings. The van der Waals surface area contributed by atoms with Crippen molar-refractivity contribution in [3.63, 3.8) is 0 Å². The number of benzene rings is 4. The molecule has 4 nitrogen and oxygen atoms in total. The van der Waals surface area contributed by atoms with Gasteiger partial charge in [-0.15, -0.1) is 10.2 Å². The molecule has 0 aliphatic carbocycles. The number of nitrogens with zero attached hydrogens (tertiary/aromatic N) is 3. The van der Waals surface area contributed by atoms with Crippen molar-refractivity contribution in [3.8, 4) is 28.2 Å². The lowest BCUT2D eigenvalue weighted by Gasteiger charge is -2.25. The minimum Gasteiger partial charge on any atom is -0.456 e. The maximum absolute atomic E-state index is 6.08. The standard InChI is InChI=1S/C33H31N3O/c1-5-19-33(3,4)32-35-34-31(25-16-18-30-27(21-25)26-13-9-10-14-29(26)37-30)36(32)28-17-15-24(20-22(28)2)23-11-7-6-8-12-23/h6-18,20-21H,5,19H2,1-4H3. The van der Waals surface area contributed by atoms with E-state index in [1.54, 1.807) is 0 Å². The molecule has 0 aliphatic heterocycles. The molecule has 0 N–H and O–H groups in total. The summed E-state index contributed by atoms with van der Waals surface area (Å²) in [6, 6.07) is 31.7. The summed E-state index contributed by atoms with van der Waals surface area (Å²) in [7, 11) is 0. The van der Waals surface area contributed by atoms with Crippen LogP contribution in [0.1, 0.15) is 45.0 Å². The van der Waals surface area contributed by atoms with E-state index in [1.165, 1.54) is 16.7 Å². The van der Waals surface area contributed by atoms with E-state index in [9.17, 15) is 0 Å². The number of hydrogen-bond donors (Lipinski definition) is 0. The molecule has 0 fully saturated rings. The lowest BCUT2D eigenvalue weighted by Crippen LogP contribution is -2.23. The van der Waals surface area contributed by atoms with Crippen LogP contribution in [0.5, 0.6) is 0 Å². The third-order valence-electron chi connectivity index (χ3n) is 7.32. The van der Waals surface area contributed by atoms with E-state index < -0.39 is 0 Å². The molecular formula is C33H31N3O. The first-order chi connectivity index (χ1) is 18.0. The quantitative estimate of drug-likeness (QED) is 0.237. The van der Waals surface area contributed by atoms with Crippen LogP contribution in [-0.2, 0) is 5.41 Å². The Morgan fingerprint density at radius 2 is 1.46 bits per heavy atom. The fourth-order valence-electron chi connectivity index (χ4n) is 5.46. The Kier molecular flexibility index (Phi) is 5.68. The van der Waals surface area contributed by atoms with E-state index in [1.807, 2.05) is 18.2 Å². The van der Waals surface area contributed by atoms with E-state index in [0.29, 0.717) is 0 Å². The molecule has 4 aromatic carbocycles. The number of rotatable bonds is 6. The highest BCUT2D eigenvalue weighted by Crippen LogP contribution is 2.37. The predicted octanol–water partition coefficient (Wildman–Crippen LogP) is 8.89. The van der Waals surface area contributed by atoms with Gasteiger partial charge in [-0.3, -0.25) is 4.57 Å². The normalized spacial score (nSPS) is 12.0. The largest absolute Gasteiger partial charge is 0.456 e. The number of furan rings is 1. The topological polar surface area (TPSA) is 43.9 Å². The monoisotopic (exact) mass is 485 g/mol. The molecule has 4 heteroatoms. The number of hydrogen-bond acceptors (Lipinski definition) is 3. The van der Waals surface area contributed by atoms with E-state index in [0.717, 1.165) is 57.7 Å². The zero-order valence-corrected chi connectivity index (χ0v) is 21.8. The maximum Gasteiger partial charge on any atom is 0.168 e. The summed E-state index contributed by atoms with van der Waals surface area (Å²) < 4.78 is 8.35. The molecule has 2 heterocycles. The van der Waals surface area contributed by atoms with Gasteiger partial charge in [-0.2, -0.15) is 0 Å². The number of aryl methyl sites for hydroxylation is 1. The summed E-state index contributed by atoms with van der Waals surface area (Å²) in [5, 5.41) is 11.8. The average molecular weight is 486 g/mol. The van der Waals surface area contributed by atoms with Crippen molar-refractivity contribution in [1.29, 1.82) is 0 Å². The van der Waals surface area contributed by atoms with Crippen LogP contribution in [0.4, 0.5) is 0 Å². The average Bonchev–Trinajstić information content (AvgIpc) is 3.51. The van der Waals surface area contributed by atoms with Gasteiger partial charge < -0.3 is 4.42 Å². The highest BCUT2D eigenvalue weighted by molar-refractivity contribution is 6.06. The Bertz CT molecular complexity index is 1720. The lowest BCUT2D eigenvalue weighted by molar-refractivity contribution is 0.437. The first kappa shape index (κ1) is 23.2. The molecule has 184 valence electrons. The second-order valence-corrected chi connectivity index (χ2v) is 10.5. The Morgan fingerprint density at radius 1 is 0.730 bits per heavy atom. The SMILES string of the molecule is CCCC(C)(C)c1nnc(-c2ccc3oc4ccccc4c3c2)n1-c1ccc(-c2ccccc2)cc1C. The minimum atomic E-state index is -0.128. The minimum absolute atomic E-state index is 0.128. The Labute approximate surface area is 217 Å². The van der Waals surface area contributed by atoms with Gasteiger partial charge in [0.15, 0.2) is 5.82 Å². The molecule has 2 aromatic heterocycles. The summed E-state index contributed by atoms with van der Waals surface area (Å²) in [5.41, 5.74) is 7.39. The summed E-state index contributed by atoms with van der Waals surface area (Å²) in [4.78, 5) is 0. The molecule has 0 saturated heterocycles. The van der Waals surface area contributed by atoms with Crippen molar-refractivity contribution in [1.82, 2.24) is 14.8 Å². The number of aromatic nitrogens is 3. The molecule has 0 aliphatic rings. The van der Waals surface area contributed by atoms with Crippen molar-refractivity contribution in [2.75, 3.05) is 0 Å². The van der Waals surface area contributed by atoms with Crippen LogP contribution >= 0.6 is 0 Å². The Balaban J connectivity index is 1.56. The molecule has 0 amide bonds. The van der Waals surface area contributed by atoms with Gasteiger partial charge in [0.25, 0.3) is 0 Å². The zero-order valence-electron chi connectivity index (χ0n) is 21.8. The van der Waals surface area contributed by atoms with Gasteiger partial charge in [-0.05, 0) is 66.4 Å². The summed E-state index contributed by atoms with van der Waals surface area (Å²) >= 11 is 0. The van der Waals surface area contributed by atoms with E-state index in [-0.39, 0.29) is 5.41 Å². The van der Waals surface area contributed by atoms with Crippen molar-refractivity contribution in [2.45, 2.75) is 46.0 Å². The van der Waals surface area contributed by atoms with Crippen molar-refractivity contribution >= 4 is 21.9 Å². The molecule has 0 unspecified atom stereocenters. The second-order valence-electron chi connectivity index (χ2n) is 10.5. The van der Waals surface area contributed by atoms with Gasteiger partial charge in [0.05, 0.1) is 5.69 Å². The van der Waals surface area contributed by atoms with E-state index >= 15 is 0 Å². The van der Waals surface area contributed by atoms with Crippen LogP contribution in [0, 0.1) is 6.92 Å². The van der Waals surface area contributed by atoms with Crippen molar-refractivity contribution in [3.05, 3.63) is 102 Å². The van der Waals surface area contributed by atoms with Gasteiger partial charge in [-0.25, -0.2) is 0 Å². The van der Waals surface area contributed by atoms with Crippen molar-refractivity contribution < 1.29 is 4.42 Å². The van der Waals surface area contributed by atoms with E-state index in [2.05, 4.69) is 105 Å². The highest BCUT2D eigenvalue weighted by Gasteiger charge is 2.30. The van der Waals surface area contributed by atoms with Gasteiger partial charge in [0, 0.05) is 21.8 Å². The number of para-hydroxylation sites is 1. The lowest BCUT2D eigenvalue weighted by atomic mass is 9.86. The summed E-state index contributed by atoms with van der Waals surface area (Å²) in [6.45, 7) is 8.93. The van der Waals surface area contributed by atoms with E-state index in [4.69, 9.17) is 14.6 Å². The first-order valence-corrected chi connectivity index (χ1v) is 13.0. The highest BCUT2D eigenvalue weighted by atomic mass is 16.3. The van der Waals surface area contributed by atoms with Crippen LogP contribution in [0.15, 0.2) is 95.4 Å². The molecule has 6 rings (SSSR count). The number of fused-ring (bicyclic) bond motifs is 3. The predicted molar refractivity (Wildman–Crippen MR) is 152 cm³/mol. The van der Waals surface area contributed by atoms with Gasteiger partial charge in [0.2, 0.25) is 0 Å². The smallest absolute Gasteiger partial charge is 0.168 e. The fourth-order valence-corrected chi connectivity index (χ4v) is 5.46. The Hall–Kier alpha value is -4.18. The second kappa shape index (κ2) is 9.04. The molecular weight excluding hydrogens is 454 g/mol. The van der Waals surface area contributed by atoms with Crippen molar-refractivity contribution in [2.24, 2.45) is 0 Å². The van der Waals surface area contributed by atoms with Crippen LogP contribution in [-0.4, -0.2) is 14.8 Å². The van der Waals surface area contributed by atoms with Crippen LogP contribution in [0.2, 0.25) is 0 Å². The fraction of sp³-hybridized carbons (Fsp3) is 0.212. The third-order valence-corrected chi connectivity index (χ3v) is 7.32. The third kappa shape index (κ3) is 4.03. The molecule has 37 heavy (non-hydrogen) atoms. The zero-order chi connectivity index (χ0) is 25.6. The Morgan fingerprint density at radius 3 is 2.24 bits per heavy atom. The van der Waals surface area contributed by atoms with Gasteiger partial charge >= 0.3 is 0 Å². The molecule has 0 bridgehead atoms. The molecule has 0 radical (unpaired) electrons. The maximum atomic E-state index is 6.08. The summed E-state index contributed by atoms with van der Waals surface area (Å²) in [6.07, 6.45) is 2.10. The van der Waals surface area contributed by atoms with Crippen LogP contribution in [0.25, 0.3) is 50.1 Å². The van der Waals surface area contributed by atoms with Gasteiger partial charge in [-0.1, -0.05) is 81.8 Å².